The van der Waals surface area contributed by atoms with Gasteiger partial charge in [-0.3, -0.25) is 19.2 Å². The lowest BCUT2D eigenvalue weighted by atomic mass is 10.1. The van der Waals surface area contributed by atoms with Crippen LogP contribution in [0.2, 0.25) is 0 Å². The summed E-state index contributed by atoms with van der Waals surface area (Å²) in [6.07, 6.45) is 2.41. The van der Waals surface area contributed by atoms with Gasteiger partial charge in [0.2, 0.25) is 17.7 Å². The van der Waals surface area contributed by atoms with E-state index in [1.54, 1.807) is 0 Å². The van der Waals surface area contributed by atoms with Crippen molar-refractivity contribution in [1.29, 1.82) is 0 Å². The Bertz CT molecular complexity index is 524. The van der Waals surface area contributed by atoms with Gasteiger partial charge >= 0.3 is 5.97 Å². The number of carbonyl (C=O) groups is 4. The molecule has 0 unspecified atom stereocenters. The number of carboxylic acids is 1. The SMILES string of the molecule is NCC(=O)N1CCC[C@@H]1C(=O)N1CCC[C@H]1C(=O)NCCC(=O)O. The monoisotopic (exact) mass is 340 g/mol. The van der Waals surface area contributed by atoms with Gasteiger partial charge in [0.15, 0.2) is 0 Å². The number of rotatable bonds is 6. The molecule has 9 heteroatoms. The second-order valence-electron chi connectivity index (χ2n) is 6.07. The summed E-state index contributed by atoms with van der Waals surface area (Å²) in [6.45, 7) is 0.879. The number of nitrogens with one attached hydrogen (secondary N) is 1. The van der Waals surface area contributed by atoms with Gasteiger partial charge < -0.3 is 26.0 Å². The van der Waals surface area contributed by atoms with E-state index in [4.69, 9.17) is 10.8 Å². The lowest BCUT2D eigenvalue weighted by molar-refractivity contribution is -0.146. The smallest absolute Gasteiger partial charge is 0.305 e. The zero-order valence-electron chi connectivity index (χ0n) is 13.6. The Morgan fingerprint density at radius 1 is 1.04 bits per heavy atom. The summed E-state index contributed by atoms with van der Waals surface area (Å²) in [4.78, 5) is 50.4. The Morgan fingerprint density at radius 2 is 1.67 bits per heavy atom. The molecule has 2 aliphatic rings. The third-order valence-corrected chi connectivity index (χ3v) is 4.51. The molecule has 4 N–H and O–H groups in total. The minimum atomic E-state index is -0.989. The van der Waals surface area contributed by atoms with Crippen LogP contribution in [-0.2, 0) is 19.2 Å². The van der Waals surface area contributed by atoms with E-state index in [1.165, 1.54) is 9.80 Å². The number of hydrogen-bond acceptors (Lipinski definition) is 5. The molecule has 0 saturated carbocycles. The summed E-state index contributed by atoms with van der Waals surface area (Å²) in [5.41, 5.74) is 5.39. The Balaban J connectivity index is 1.98. The maximum atomic E-state index is 12.8. The van der Waals surface area contributed by atoms with Gasteiger partial charge in [0.05, 0.1) is 13.0 Å². The molecule has 2 heterocycles. The van der Waals surface area contributed by atoms with Crippen LogP contribution in [0.3, 0.4) is 0 Å². The first kappa shape index (κ1) is 18.2. The first-order valence-corrected chi connectivity index (χ1v) is 8.25. The highest BCUT2D eigenvalue weighted by molar-refractivity contribution is 5.93. The largest absolute Gasteiger partial charge is 0.481 e. The first-order chi connectivity index (χ1) is 11.5. The Hall–Kier alpha value is -2.16. The second-order valence-corrected chi connectivity index (χ2v) is 6.07. The fourth-order valence-electron chi connectivity index (χ4n) is 3.34. The van der Waals surface area contributed by atoms with Crippen molar-refractivity contribution >= 4 is 23.7 Å². The number of carboxylic acid groups (broad SMARTS) is 1. The number of likely N-dealkylation sites (tertiary alicyclic amines) is 2. The molecule has 0 radical (unpaired) electrons. The van der Waals surface area contributed by atoms with Crippen molar-refractivity contribution in [3.8, 4) is 0 Å². The van der Waals surface area contributed by atoms with Crippen LogP contribution in [0.4, 0.5) is 0 Å². The summed E-state index contributed by atoms with van der Waals surface area (Å²) in [5.74, 6) is -1.80. The predicted octanol–water partition coefficient (Wildman–Crippen LogP) is -1.48. The molecule has 2 atom stereocenters. The standard InChI is InChI=1S/C15H24N4O5/c16-9-12(20)18-7-2-4-11(18)15(24)19-8-1-3-10(19)14(23)17-6-5-13(21)22/h10-11H,1-9,16H2,(H,17,23)(H,21,22)/t10-,11+/m0/s1. The van der Waals surface area contributed by atoms with Gasteiger partial charge in [-0.25, -0.2) is 0 Å². The molecule has 2 fully saturated rings. The van der Waals surface area contributed by atoms with Gasteiger partial charge in [-0.15, -0.1) is 0 Å². The van der Waals surface area contributed by atoms with Crippen LogP contribution in [0.1, 0.15) is 32.1 Å². The fraction of sp³-hybridized carbons (Fsp3) is 0.733. The molecule has 0 aromatic heterocycles. The summed E-state index contributed by atoms with van der Waals surface area (Å²) in [6, 6.07) is -1.14. The van der Waals surface area contributed by atoms with E-state index < -0.39 is 18.1 Å². The van der Waals surface area contributed by atoms with E-state index in [9.17, 15) is 19.2 Å². The van der Waals surface area contributed by atoms with Crippen LogP contribution in [0.5, 0.6) is 0 Å². The summed E-state index contributed by atoms with van der Waals surface area (Å²) in [5, 5.41) is 11.2. The highest BCUT2D eigenvalue weighted by Gasteiger charge is 2.41. The van der Waals surface area contributed by atoms with Crippen molar-refractivity contribution < 1.29 is 24.3 Å². The minimum Gasteiger partial charge on any atom is -0.481 e. The normalized spacial score (nSPS) is 23.4. The lowest BCUT2D eigenvalue weighted by Crippen LogP contribution is -2.53. The predicted molar refractivity (Wildman–Crippen MR) is 83.8 cm³/mol. The van der Waals surface area contributed by atoms with Gasteiger partial charge in [-0.1, -0.05) is 0 Å². The van der Waals surface area contributed by atoms with Crippen LogP contribution in [0.15, 0.2) is 0 Å². The molecule has 134 valence electrons. The molecular formula is C15H24N4O5. The average Bonchev–Trinajstić information content (AvgIpc) is 3.22. The molecular weight excluding hydrogens is 316 g/mol. The minimum absolute atomic E-state index is 0.0356. The van der Waals surface area contributed by atoms with Crippen LogP contribution >= 0.6 is 0 Å². The fourth-order valence-corrected chi connectivity index (χ4v) is 3.34. The molecule has 24 heavy (non-hydrogen) atoms. The topological polar surface area (TPSA) is 133 Å². The van der Waals surface area contributed by atoms with Crippen molar-refractivity contribution in [2.45, 2.75) is 44.2 Å². The van der Waals surface area contributed by atoms with Gasteiger partial charge in [-0.05, 0) is 25.7 Å². The third-order valence-electron chi connectivity index (χ3n) is 4.51. The van der Waals surface area contributed by atoms with Crippen LogP contribution < -0.4 is 11.1 Å². The van der Waals surface area contributed by atoms with Crippen molar-refractivity contribution in [2.24, 2.45) is 5.73 Å². The second kappa shape index (κ2) is 8.09. The van der Waals surface area contributed by atoms with E-state index >= 15 is 0 Å². The van der Waals surface area contributed by atoms with Crippen LogP contribution in [0, 0.1) is 0 Å². The summed E-state index contributed by atoms with van der Waals surface area (Å²) < 4.78 is 0. The molecule has 2 aliphatic heterocycles. The van der Waals surface area contributed by atoms with Gasteiger partial charge in [0.25, 0.3) is 0 Å². The van der Waals surface area contributed by atoms with E-state index in [0.717, 1.165) is 6.42 Å². The van der Waals surface area contributed by atoms with Crippen LogP contribution in [-0.4, -0.2) is 76.9 Å². The van der Waals surface area contributed by atoms with Gasteiger partial charge in [0.1, 0.15) is 12.1 Å². The molecule has 0 aromatic rings. The zero-order chi connectivity index (χ0) is 17.7. The number of nitrogens with zero attached hydrogens (tertiary/aromatic N) is 2. The first-order valence-electron chi connectivity index (χ1n) is 8.25. The number of nitrogens with two attached hydrogens (primary N) is 1. The average molecular weight is 340 g/mol. The molecule has 0 aromatic carbocycles. The highest BCUT2D eigenvalue weighted by Crippen LogP contribution is 2.24. The quantitative estimate of drug-likeness (QED) is 0.540. The van der Waals surface area contributed by atoms with Crippen molar-refractivity contribution in [1.82, 2.24) is 15.1 Å². The maximum absolute atomic E-state index is 12.8. The number of carbonyl (C=O) groups excluding carboxylic acids is 3. The van der Waals surface area contributed by atoms with Crippen molar-refractivity contribution in [3.63, 3.8) is 0 Å². The number of aliphatic carboxylic acids is 1. The van der Waals surface area contributed by atoms with Crippen LogP contribution in [0.25, 0.3) is 0 Å². The van der Waals surface area contributed by atoms with E-state index in [2.05, 4.69) is 5.32 Å². The van der Waals surface area contributed by atoms with E-state index in [1.807, 2.05) is 0 Å². The van der Waals surface area contributed by atoms with Crippen molar-refractivity contribution in [3.05, 3.63) is 0 Å². The molecule has 0 bridgehead atoms. The molecule has 0 spiro atoms. The summed E-state index contributed by atoms with van der Waals surface area (Å²) >= 11 is 0. The maximum Gasteiger partial charge on any atom is 0.305 e. The summed E-state index contributed by atoms with van der Waals surface area (Å²) in [7, 11) is 0. The molecule has 9 nitrogen and oxygen atoms in total. The molecule has 3 amide bonds. The lowest BCUT2D eigenvalue weighted by Gasteiger charge is -2.30. The van der Waals surface area contributed by atoms with Gasteiger partial charge in [-0.2, -0.15) is 0 Å². The third kappa shape index (κ3) is 4.02. The molecule has 0 aliphatic carbocycles. The van der Waals surface area contributed by atoms with E-state index in [0.29, 0.717) is 32.4 Å². The van der Waals surface area contributed by atoms with Gasteiger partial charge in [0, 0.05) is 19.6 Å². The number of hydrogen-bond donors (Lipinski definition) is 3. The highest BCUT2D eigenvalue weighted by atomic mass is 16.4. The Kier molecular flexibility index (Phi) is 6.13. The Morgan fingerprint density at radius 3 is 2.29 bits per heavy atom. The zero-order valence-corrected chi connectivity index (χ0v) is 13.6. The number of amides is 3. The molecule has 2 saturated heterocycles. The van der Waals surface area contributed by atoms with Crippen molar-refractivity contribution in [2.75, 3.05) is 26.2 Å². The molecule has 2 rings (SSSR count). The Labute approximate surface area is 140 Å². The van der Waals surface area contributed by atoms with E-state index in [-0.39, 0.29) is 37.2 Å².